The number of pyridine rings is 1. The van der Waals surface area contributed by atoms with E-state index >= 15 is 0 Å². The van der Waals surface area contributed by atoms with Crippen LogP contribution >= 0.6 is 11.3 Å². The minimum atomic E-state index is 0. The van der Waals surface area contributed by atoms with E-state index in [9.17, 15) is 0 Å². The van der Waals surface area contributed by atoms with E-state index in [0.29, 0.717) is 17.4 Å². The van der Waals surface area contributed by atoms with Crippen molar-refractivity contribution in [1.82, 2.24) is 9.55 Å². The summed E-state index contributed by atoms with van der Waals surface area (Å²) in [6.45, 7) is 6.53. The van der Waals surface area contributed by atoms with Crippen LogP contribution in [0.4, 0.5) is 22.7 Å². The molecule has 238 valence electrons. The molecule has 48 heavy (non-hydrogen) atoms. The number of fused-ring (bicyclic) bond motifs is 6. The van der Waals surface area contributed by atoms with E-state index in [1.54, 1.807) is 0 Å². The first-order valence-corrected chi connectivity index (χ1v) is 16.6. The van der Waals surface area contributed by atoms with Gasteiger partial charge in [-0.15, -0.1) is 54.0 Å². The van der Waals surface area contributed by atoms with Crippen molar-refractivity contribution in [3.8, 4) is 17.3 Å². The zero-order chi connectivity index (χ0) is 31.5. The summed E-state index contributed by atoms with van der Waals surface area (Å²) in [5.41, 5.74) is 7.52. The Morgan fingerprint density at radius 2 is 1.48 bits per heavy atom. The quantitative estimate of drug-likeness (QED) is 0.157. The number of nitrogens with zero attached hydrogens (tertiary/aromatic N) is 4. The van der Waals surface area contributed by atoms with Crippen molar-refractivity contribution < 1.29 is 25.8 Å². The van der Waals surface area contributed by atoms with Crippen LogP contribution in [0.15, 0.2) is 128 Å². The Balaban J connectivity index is 0.00000336. The largest absolute Gasteiger partial charge is 0.509 e. The Labute approximate surface area is 297 Å². The summed E-state index contributed by atoms with van der Waals surface area (Å²) < 4.78 is 11.2. The number of thiophene rings is 1. The third-order valence-corrected chi connectivity index (χ3v) is 9.92. The van der Waals surface area contributed by atoms with Crippen LogP contribution in [0.1, 0.15) is 25.3 Å². The molecule has 1 aliphatic rings. The van der Waals surface area contributed by atoms with Crippen LogP contribution in [0.2, 0.25) is 0 Å². The minimum absolute atomic E-state index is 0. The maximum atomic E-state index is 6.50. The van der Waals surface area contributed by atoms with E-state index in [1.165, 1.54) is 20.3 Å². The van der Waals surface area contributed by atoms with E-state index in [-0.39, 0.29) is 21.1 Å². The average molecular weight is 821 g/mol. The van der Waals surface area contributed by atoms with Crippen molar-refractivity contribution in [2.75, 3.05) is 9.80 Å². The van der Waals surface area contributed by atoms with Crippen LogP contribution in [0.5, 0.6) is 11.5 Å². The third kappa shape index (κ3) is 5.08. The van der Waals surface area contributed by atoms with Gasteiger partial charge in [-0.25, -0.2) is 4.98 Å². The van der Waals surface area contributed by atoms with Gasteiger partial charge in [-0.05, 0) is 53.9 Å². The Hall–Kier alpha value is -4.90. The summed E-state index contributed by atoms with van der Waals surface area (Å²) in [7, 11) is 0. The number of aromatic nitrogens is 2. The molecular weight excluding hydrogens is 792 g/mol. The van der Waals surface area contributed by atoms with Gasteiger partial charge in [-0.2, -0.15) is 12.1 Å². The smallest absolute Gasteiger partial charge is 0.135 e. The average Bonchev–Trinajstić information content (AvgIpc) is 3.78. The number of ether oxygens (including phenoxy) is 1. The molecule has 4 heterocycles. The topological polar surface area (TPSA) is 33.5 Å². The number of hydrogen-bond acceptors (Lipinski definition) is 5. The summed E-state index contributed by atoms with van der Waals surface area (Å²) in [5, 5.41) is 2.34. The molecule has 0 fully saturated rings. The first-order chi connectivity index (χ1) is 23.1. The van der Waals surface area contributed by atoms with Gasteiger partial charge >= 0.3 is 0 Å². The van der Waals surface area contributed by atoms with E-state index < -0.39 is 0 Å². The molecule has 5 nitrogen and oxygen atoms in total. The molecule has 0 unspecified atom stereocenters. The second kappa shape index (κ2) is 12.3. The molecule has 7 heteroatoms. The van der Waals surface area contributed by atoms with E-state index in [1.807, 2.05) is 41.8 Å². The maximum absolute atomic E-state index is 6.50. The van der Waals surface area contributed by atoms with E-state index in [4.69, 9.17) is 9.72 Å². The molecule has 0 N–H and O–H groups in total. The van der Waals surface area contributed by atoms with Crippen molar-refractivity contribution in [2.45, 2.75) is 19.8 Å². The summed E-state index contributed by atoms with van der Waals surface area (Å²) >= 11 is 1.81. The number of para-hydroxylation sites is 3. The normalized spacial score (nSPS) is 12.6. The predicted molar refractivity (Wildman–Crippen MR) is 194 cm³/mol. The molecule has 9 rings (SSSR count). The fraction of sp³-hybridized carbons (Fsp3) is 0.0732. The van der Waals surface area contributed by atoms with Crippen LogP contribution in [0, 0.1) is 18.8 Å². The van der Waals surface area contributed by atoms with Crippen molar-refractivity contribution in [3.05, 3.63) is 152 Å². The fourth-order valence-corrected chi connectivity index (χ4v) is 7.64. The van der Waals surface area contributed by atoms with Gasteiger partial charge in [0, 0.05) is 70.6 Å². The molecule has 1 aliphatic heterocycles. The van der Waals surface area contributed by atoms with Crippen molar-refractivity contribution in [3.63, 3.8) is 0 Å². The molecule has 0 atom stereocenters. The van der Waals surface area contributed by atoms with Gasteiger partial charge in [0.05, 0.1) is 5.52 Å². The summed E-state index contributed by atoms with van der Waals surface area (Å²) in [6.07, 6.45) is 1.91. The fourth-order valence-electron chi connectivity index (χ4n) is 6.43. The number of anilines is 4. The molecule has 3 aromatic heterocycles. The van der Waals surface area contributed by atoms with Gasteiger partial charge in [-0.3, -0.25) is 0 Å². The molecular formula is C41H29N4OPtS-3. The van der Waals surface area contributed by atoms with E-state index in [2.05, 4.69) is 144 Å². The van der Waals surface area contributed by atoms with Crippen LogP contribution in [-0.2, 0) is 21.1 Å². The molecule has 0 spiro atoms. The molecule has 8 aromatic rings. The van der Waals surface area contributed by atoms with Gasteiger partial charge in [0.1, 0.15) is 5.82 Å². The predicted octanol–water partition coefficient (Wildman–Crippen LogP) is 11.3. The molecule has 0 amide bonds. The second-order valence-corrected chi connectivity index (χ2v) is 13.0. The van der Waals surface area contributed by atoms with Gasteiger partial charge in [0.15, 0.2) is 0 Å². The van der Waals surface area contributed by atoms with Crippen LogP contribution in [-0.4, -0.2) is 9.55 Å². The zero-order valence-corrected chi connectivity index (χ0v) is 29.3. The van der Waals surface area contributed by atoms with Gasteiger partial charge < -0.3 is 19.1 Å². The van der Waals surface area contributed by atoms with Crippen LogP contribution < -0.4 is 14.5 Å². The van der Waals surface area contributed by atoms with Gasteiger partial charge in [0.25, 0.3) is 0 Å². The standard InChI is InChI=1S/C41H29N4OS.Pt/c1-27(2)28-21-22-42-39(23-28)45-37-25-32(19-20-33(37)41-40(45)34-15-6-9-18-38(34)47-41)46-31-14-10-13-30(24-31)44-26-43(29-11-4-3-5-12-29)35-16-7-8-17-36(35)44;/h3-23,26-27H,1-2H3;/q-3;. The zero-order valence-electron chi connectivity index (χ0n) is 26.2. The minimum Gasteiger partial charge on any atom is -0.509 e. The number of rotatable bonds is 6. The summed E-state index contributed by atoms with van der Waals surface area (Å²) in [6, 6.07) is 48.9. The molecule has 0 aliphatic carbocycles. The monoisotopic (exact) mass is 820 g/mol. The van der Waals surface area contributed by atoms with Crippen molar-refractivity contribution in [2.24, 2.45) is 0 Å². The first-order valence-electron chi connectivity index (χ1n) is 15.7. The molecule has 0 bridgehead atoms. The Morgan fingerprint density at radius 1 is 0.729 bits per heavy atom. The number of benzene rings is 5. The molecule has 0 radical (unpaired) electrons. The Morgan fingerprint density at radius 3 is 2.31 bits per heavy atom. The third-order valence-electron chi connectivity index (χ3n) is 8.72. The van der Waals surface area contributed by atoms with Crippen molar-refractivity contribution in [1.29, 1.82) is 0 Å². The second-order valence-electron chi connectivity index (χ2n) is 12.0. The Bertz CT molecular complexity index is 2430. The van der Waals surface area contributed by atoms with Crippen LogP contribution in [0.3, 0.4) is 0 Å². The number of hydrogen-bond donors (Lipinski definition) is 0. The molecule has 0 saturated carbocycles. The van der Waals surface area contributed by atoms with Crippen LogP contribution in [0.25, 0.3) is 37.0 Å². The van der Waals surface area contributed by atoms with Crippen molar-refractivity contribution >= 4 is 65.3 Å². The molecule has 5 aromatic carbocycles. The summed E-state index contributed by atoms with van der Waals surface area (Å²) in [4.78, 5) is 9.21. The maximum Gasteiger partial charge on any atom is 0.135 e. The summed E-state index contributed by atoms with van der Waals surface area (Å²) in [5.74, 6) is 2.51. The first kappa shape index (κ1) is 30.4. The van der Waals surface area contributed by atoms with Gasteiger partial charge in [0.2, 0.25) is 0 Å². The van der Waals surface area contributed by atoms with E-state index in [0.717, 1.165) is 45.0 Å². The Kier molecular flexibility index (Phi) is 7.79. The molecule has 0 saturated heterocycles. The SMILES string of the molecule is CC(C)c1ccnc(-n2c3[c-]c(Oc4[c-]c(N5[CH-]N(c6ccccc6)c6ccccc65)ccc4)ccc3c3sc4ccccc4c32)c1.[Pt]. The van der Waals surface area contributed by atoms with Gasteiger partial charge in [-0.1, -0.05) is 73.3 Å².